The van der Waals surface area contributed by atoms with E-state index in [1.165, 1.54) is 4.57 Å². The average Bonchev–Trinajstić information content (AvgIpc) is 2.78. The normalized spacial score (nSPS) is 11.3. The van der Waals surface area contributed by atoms with Crippen molar-refractivity contribution in [3.63, 3.8) is 0 Å². The standard InChI is InChI=1S/C23H30N6O5/c1-4-5-11-28-19(24)18(20(31)26-23(28)34)27(12-10-14(2)3)17(30)13-29-21(32)15-8-6-7-9-16(15)25-22(29)33/h6-9,14H,4-5,10-13,24H2,1-3H3,(H,25,33)(H,26,31,34). The fourth-order valence-corrected chi connectivity index (χ4v) is 3.69. The number of aromatic amines is 2. The van der Waals surface area contributed by atoms with E-state index >= 15 is 0 Å². The predicted octanol–water partition coefficient (Wildman–Crippen LogP) is 1.00. The highest BCUT2D eigenvalue weighted by Gasteiger charge is 2.25. The molecule has 0 aliphatic heterocycles. The Morgan fingerprint density at radius 1 is 1.06 bits per heavy atom. The molecule has 0 saturated carbocycles. The van der Waals surface area contributed by atoms with Crippen molar-refractivity contribution in [2.45, 2.75) is 53.1 Å². The van der Waals surface area contributed by atoms with Gasteiger partial charge in [-0.05, 0) is 30.9 Å². The van der Waals surface area contributed by atoms with Gasteiger partial charge in [0, 0.05) is 13.1 Å². The Morgan fingerprint density at radius 2 is 1.74 bits per heavy atom. The number of amides is 1. The largest absolute Gasteiger partial charge is 0.383 e. The van der Waals surface area contributed by atoms with Crippen LogP contribution in [0.3, 0.4) is 0 Å². The summed E-state index contributed by atoms with van der Waals surface area (Å²) in [7, 11) is 0. The van der Waals surface area contributed by atoms with Gasteiger partial charge in [0.05, 0.1) is 10.9 Å². The SMILES string of the molecule is CCCCn1c(N)c(N(CCC(C)C)C(=O)Cn2c(=O)[nH]c3ccccc3c2=O)c(=O)[nH]c1=O. The van der Waals surface area contributed by atoms with Crippen LogP contribution in [0.1, 0.15) is 40.0 Å². The smallest absolute Gasteiger partial charge is 0.330 e. The Hall–Kier alpha value is -3.89. The topological polar surface area (TPSA) is 156 Å². The molecule has 2 aromatic heterocycles. The molecule has 0 aliphatic rings. The molecule has 2 heterocycles. The van der Waals surface area contributed by atoms with Gasteiger partial charge in [0.2, 0.25) is 5.91 Å². The highest BCUT2D eigenvalue weighted by Crippen LogP contribution is 2.19. The number of nitrogens with one attached hydrogen (secondary N) is 2. The highest BCUT2D eigenvalue weighted by molar-refractivity contribution is 5.95. The first kappa shape index (κ1) is 24.7. The molecule has 11 heteroatoms. The summed E-state index contributed by atoms with van der Waals surface area (Å²) in [4.78, 5) is 69.9. The fraction of sp³-hybridized carbons (Fsp3) is 0.435. The second-order valence-electron chi connectivity index (χ2n) is 8.59. The Balaban J connectivity index is 2.09. The molecular formula is C23H30N6O5. The van der Waals surface area contributed by atoms with Crippen LogP contribution >= 0.6 is 0 Å². The van der Waals surface area contributed by atoms with E-state index in [2.05, 4.69) is 9.97 Å². The van der Waals surface area contributed by atoms with Gasteiger partial charge in [-0.15, -0.1) is 0 Å². The summed E-state index contributed by atoms with van der Waals surface area (Å²) in [5, 5.41) is 0.258. The third-order valence-corrected chi connectivity index (χ3v) is 5.63. The first-order chi connectivity index (χ1) is 16.1. The van der Waals surface area contributed by atoms with Crippen molar-refractivity contribution in [2.75, 3.05) is 17.2 Å². The van der Waals surface area contributed by atoms with Gasteiger partial charge in [0.1, 0.15) is 12.4 Å². The third-order valence-electron chi connectivity index (χ3n) is 5.63. The van der Waals surface area contributed by atoms with Crippen molar-refractivity contribution in [1.29, 1.82) is 0 Å². The average molecular weight is 471 g/mol. The molecule has 0 spiro atoms. The summed E-state index contributed by atoms with van der Waals surface area (Å²) in [5.74, 6) is -0.603. The van der Waals surface area contributed by atoms with E-state index in [4.69, 9.17) is 5.73 Å². The Bertz CT molecular complexity index is 1430. The van der Waals surface area contributed by atoms with Crippen LogP contribution in [0.5, 0.6) is 0 Å². The fourth-order valence-electron chi connectivity index (χ4n) is 3.69. The first-order valence-corrected chi connectivity index (χ1v) is 11.3. The monoisotopic (exact) mass is 470 g/mol. The first-order valence-electron chi connectivity index (χ1n) is 11.3. The van der Waals surface area contributed by atoms with Gasteiger partial charge in [-0.25, -0.2) is 9.59 Å². The molecule has 0 atom stereocenters. The molecule has 1 amide bonds. The molecule has 34 heavy (non-hydrogen) atoms. The summed E-state index contributed by atoms with van der Waals surface area (Å²) in [6, 6.07) is 6.49. The van der Waals surface area contributed by atoms with Crippen LogP contribution in [0.4, 0.5) is 11.5 Å². The van der Waals surface area contributed by atoms with E-state index in [0.29, 0.717) is 18.4 Å². The van der Waals surface area contributed by atoms with E-state index in [-0.39, 0.29) is 35.9 Å². The lowest BCUT2D eigenvalue weighted by atomic mass is 10.1. The summed E-state index contributed by atoms with van der Waals surface area (Å²) in [5.41, 5.74) is 3.60. The maximum atomic E-state index is 13.4. The molecule has 0 radical (unpaired) electrons. The number of carbonyl (C=O) groups excluding carboxylic acids is 1. The lowest BCUT2D eigenvalue weighted by Gasteiger charge is -2.25. The number of H-pyrrole nitrogens is 2. The summed E-state index contributed by atoms with van der Waals surface area (Å²) in [6.45, 7) is 5.67. The zero-order valence-electron chi connectivity index (χ0n) is 19.6. The number of nitrogens with two attached hydrogens (primary N) is 1. The number of anilines is 2. The van der Waals surface area contributed by atoms with Crippen molar-refractivity contribution in [2.24, 2.45) is 5.92 Å². The van der Waals surface area contributed by atoms with Crippen molar-refractivity contribution < 1.29 is 4.79 Å². The highest BCUT2D eigenvalue weighted by atomic mass is 16.2. The number of rotatable bonds is 9. The molecule has 182 valence electrons. The van der Waals surface area contributed by atoms with Crippen LogP contribution < -0.4 is 33.1 Å². The minimum atomic E-state index is -0.799. The van der Waals surface area contributed by atoms with Gasteiger partial charge < -0.3 is 15.6 Å². The number of hydrogen-bond donors (Lipinski definition) is 3. The Kier molecular flexibility index (Phi) is 7.54. The van der Waals surface area contributed by atoms with Crippen molar-refractivity contribution in [1.82, 2.24) is 19.1 Å². The molecule has 0 bridgehead atoms. The number of aromatic nitrogens is 4. The molecule has 0 aliphatic carbocycles. The molecular weight excluding hydrogens is 440 g/mol. The van der Waals surface area contributed by atoms with E-state index in [1.54, 1.807) is 24.3 Å². The maximum Gasteiger partial charge on any atom is 0.330 e. The summed E-state index contributed by atoms with van der Waals surface area (Å²) in [6.07, 6.45) is 1.98. The number of fused-ring (bicyclic) bond motifs is 1. The second kappa shape index (κ2) is 10.4. The lowest BCUT2D eigenvalue weighted by molar-refractivity contribution is -0.119. The molecule has 0 fully saturated rings. The lowest BCUT2D eigenvalue weighted by Crippen LogP contribution is -2.46. The number of nitrogen functional groups attached to an aromatic ring is 1. The van der Waals surface area contributed by atoms with Crippen LogP contribution in [-0.2, 0) is 17.9 Å². The zero-order valence-corrected chi connectivity index (χ0v) is 19.6. The van der Waals surface area contributed by atoms with Crippen LogP contribution in [-0.4, -0.2) is 31.6 Å². The van der Waals surface area contributed by atoms with Crippen molar-refractivity contribution in [3.8, 4) is 0 Å². The predicted molar refractivity (Wildman–Crippen MR) is 131 cm³/mol. The molecule has 3 rings (SSSR count). The Labute approximate surface area is 194 Å². The molecule has 0 unspecified atom stereocenters. The van der Waals surface area contributed by atoms with Crippen molar-refractivity contribution in [3.05, 3.63) is 65.9 Å². The van der Waals surface area contributed by atoms with Crippen LogP contribution in [0.2, 0.25) is 0 Å². The second-order valence-corrected chi connectivity index (χ2v) is 8.59. The number of benzene rings is 1. The van der Waals surface area contributed by atoms with E-state index in [0.717, 1.165) is 15.9 Å². The van der Waals surface area contributed by atoms with E-state index < -0.39 is 34.9 Å². The van der Waals surface area contributed by atoms with Gasteiger partial charge in [-0.3, -0.25) is 28.5 Å². The van der Waals surface area contributed by atoms with Crippen LogP contribution in [0.15, 0.2) is 43.4 Å². The number of carbonyl (C=O) groups is 1. The number of nitrogens with zero attached hydrogens (tertiary/aromatic N) is 3. The minimum Gasteiger partial charge on any atom is -0.383 e. The van der Waals surface area contributed by atoms with Crippen LogP contribution in [0.25, 0.3) is 10.9 Å². The van der Waals surface area contributed by atoms with Gasteiger partial charge >= 0.3 is 11.4 Å². The molecule has 4 N–H and O–H groups in total. The van der Waals surface area contributed by atoms with E-state index in [9.17, 15) is 24.0 Å². The van der Waals surface area contributed by atoms with Crippen molar-refractivity contribution >= 4 is 28.3 Å². The summed E-state index contributed by atoms with van der Waals surface area (Å²) < 4.78 is 2.02. The molecule has 3 aromatic rings. The maximum absolute atomic E-state index is 13.4. The quantitative estimate of drug-likeness (QED) is 0.424. The van der Waals surface area contributed by atoms with Gasteiger partial charge in [0.25, 0.3) is 11.1 Å². The number of unbranched alkanes of at least 4 members (excludes halogenated alkanes) is 1. The van der Waals surface area contributed by atoms with Gasteiger partial charge in [0.15, 0.2) is 5.69 Å². The minimum absolute atomic E-state index is 0.121. The van der Waals surface area contributed by atoms with Crippen LogP contribution in [0, 0.1) is 5.92 Å². The third kappa shape index (κ3) is 5.03. The molecule has 0 saturated heterocycles. The Morgan fingerprint density at radius 3 is 2.41 bits per heavy atom. The van der Waals surface area contributed by atoms with Gasteiger partial charge in [-0.2, -0.15) is 0 Å². The van der Waals surface area contributed by atoms with E-state index in [1.807, 2.05) is 20.8 Å². The molecule has 1 aromatic carbocycles. The number of para-hydroxylation sites is 1. The summed E-state index contributed by atoms with van der Waals surface area (Å²) >= 11 is 0. The number of hydrogen-bond acceptors (Lipinski definition) is 6. The zero-order chi connectivity index (χ0) is 25.0. The molecule has 11 nitrogen and oxygen atoms in total. The van der Waals surface area contributed by atoms with Gasteiger partial charge in [-0.1, -0.05) is 39.3 Å².